The summed E-state index contributed by atoms with van der Waals surface area (Å²) in [5.74, 6) is 0.315. The number of benzene rings is 1. The maximum atomic E-state index is 12.3. The minimum atomic E-state index is -0.570. The highest BCUT2D eigenvalue weighted by atomic mass is 16.6. The van der Waals surface area contributed by atoms with Gasteiger partial charge in [-0.05, 0) is 53.2 Å². The van der Waals surface area contributed by atoms with Crippen molar-refractivity contribution in [2.75, 3.05) is 13.6 Å². The first-order valence-corrected chi connectivity index (χ1v) is 8.28. The summed E-state index contributed by atoms with van der Waals surface area (Å²) in [6.45, 7) is 9.73. The summed E-state index contributed by atoms with van der Waals surface area (Å²) in [5, 5.41) is 0. The first-order valence-electron chi connectivity index (χ1n) is 8.28. The topological polar surface area (TPSA) is 55.8 Å². The van der Waals surface area contributed by atoms with Gasteiger partial charge in [0.05, 0.1) is 0 Å². The van der Waals surface area contributed by atoms with Crippen molar-refractivity contribution in [1.82, 2.24) is 4.90 Å². The van der Waals surface area contributed by atoms with Crippen LogP contribution < -0.4 is 4.74 Å². The molecule has 0 aliphatic heterocycles. The monoisotopic (exact) mass is 335 g/mol. The van der Waals surface area contributed by atoms with Crippen LogP contribution in [0.3, 0.4) is 0 Å². The van der Waals surface area contributed by atoms with Gasteiger partial charge in [0.2, 0.25) is 0 Å². The molecule has 0 aliphatic carbocycles. The van der Waals surface area contributed by atoms with E-state index in [4.69, 9.17) is 9.47 Å². The molecule has 1 aromatic rings. The third kappa shape index (κ3) is 7.49. The standard InChI is InChI=1S/C19H29NO4/c1-14-9-11-16(12-10-14)23-15(2)18(22)20(6)13-7-8-17(21)24-19(3,4)5/h9-12,15H,7-8,13H2,1-6H3/t15-/m1/s1. The number of rotatable bonds is 7. The zero-order valence-corrected chi connectivity index (χ0v) is 15.6. The minimum Gasteiger partial charge on any atom is -0.481 e. The van der Waals surface area contributed by atoms with Crippen molar-refractivity contribution in [3.05, 3.63) is 29.8 Å². The molecule has 0 saturated heterocycles. The van der Waals surface area contributed by atoms with Crippen LogP contribution in [0.4, 0.5) is 0 Å². The van der Waals surface area contributed by atoms with Crippen LogP contribution in [0.15, 0.2) is 24.3 Å². The summed E-state index contributed by atoms with van der Waals surface area (Å²) in [5.41, 5.74) is 0.662. The molecule has 5 heteroatoms. The largest absolute Gasteiger partial charge is 0.481 e. The smallest absolute Gasteiger partial charge is 0.306 e. The fraction of sp³-hybridized carbons (Fsp3) is 0.579. The molecule has 0 N–H and O–H groups in total. The van der Waals surface area contributed by atoms with E-state index in [1.165, 1.54) is 0 Å². The molecule has 0 radical (unpaired) electrons. The number of hydrogen-bond acceptors (Lipinski definition) is 4. The van der Waals surface area contributed by atoms with Gasteiger partial charge in [0, 0.05) is 20.0 Å². The molecule has 134 valence electrons. The van der Waals surface area contributed by atoms with E-state index in [-0.39, 0.29) is 11.9 Å². The van der Waals surface area contributed by atoms with Crippen LogP contribution in [-0.2, 0) is 14.3 Å². The predicted octanol–water partition coefficient (Wildman–Crippen LogP) is 3.34. The number of esters is 1. The molecule has 1 aromatic carbocycles. The summed E-state index contributed by atoms with van der Waals surface area (Å²) in [4.78, 5) is 25.6. The van der Waals surface area contributed by atoms with Crippen LogP contribution in [0, 0.1) is 6.92 Å². The van der Waals surface area contributed by atoms with Crippen LogP contribution in [0.1, 0.15) is 46.1 Å². The Labute approximate surface area is 144 Å². The van der Waals surface area contributed by atoms with Gasteiger partial charge in [-0.1, -0.05) is 17.7 Å². The summed E-state index contributed by atoms with van der Waals surface area (Å²) in [6.07, 6.45) is 0.287. The second-order valence-corrected chi connectivity index (χ2v) is 7.02. The normalized spacial score (nSPS) is 12.4. The van der Waals surface area contributed by atoms with Crippen molar-refractivity contribution in [3.8, 4) is 5.75 Å². The van der Waals surface area contributed by atoms with E-state index >= 15 is 0 Å². The number of aryl methyl sites for hydroxylation is 1. The van der Waals surface area contributed by atoms with Crippen molar-refractivity contribution in [2.24, 2.45) is 0 Å². The molecule has 0 heterocycles. The average molecular weight is 335 g/mol. The zero-order chi connectivity index (χ0) is 18.3. The molecule has 0 unspecified atom stereocenters. The Kier molecular flexibility index (Phi) is 7.26. The van der Waals surface area contributed by atoms with Crippen LogP contribution >= 0.6 is 0 Å². The Balaban J connectivity index is 2.38. The van der Waals surface area contributed by atoms with E-state index in [1.54, 1.807) is 18.9 Å². The summed E-state index contributed by atoms with van der Waals surface area (Å²) in [7, 11) is 1.71. The van der Waals surface area contributed by atoms with E-state index in [0.717, 1.165) is 5.56 Å². The summed E-state index contributed by atoms with van der Waals surface area (Å²) in [6, 6.07) is 7.58. The molecule has 1 atom stereocenters. The Bertz CT molecular complexity index is 545. The summed E-state index contributed by atoms with van der Waals surface area (Å²) < 4.78 is 10.9. The Morgan fingerprint density at radius 1 is 1.17 bits per heavy atom. The van der Waals surface area contributed by atoms with Crippen molar-refractivity contribution in [2.45, 2.75) is 59.2 Å². The molecular weight excluding hydrogens is 306 g/mol. The first kappa shape index (κ1) is 20.0. The Hall–Kier alpha value is -2.04. The molecule has 0 aromatic heterocycles. The lowest BCUT2D eigenvalue weighted by Crippen LogP contribution is -2.38. The lowest BCUT2D eigenvalue weighted by Gasteiger charge is -2.23. The number of amides is 1. The molecule has 0 saturated carbocycles. The van der Waals surface area contributed by atoms with E-state index < -0.39 is 11.7 Å². The number of likely N-dealkylation sites (N-methyl/N-ethyl adjacent to an activating group) is 1. The van der Waals surface area contributed by atoms with Crippen molar-refractivity contribution < 1.29 is 19.1 Å². The van der Waals surface area contributed by atoms with Crippen molar-refractivity contribution in [1.29, 1.82) is 0 Å². The molecule has 0 fully saturated rings. The van der Waals surface area contributed by atoms with Gasteiger partial charge in [0.1, 0.15) is 11.4 Å². The van der Waals surface area contributed by atoms with Crippen LogP contribution in [0.5, 0.6) is 5.75 Å². The van der Waals surface area contributed by atoms with Gasteiger partial charge < -0.3 is 14.4 Å². The number of ether oxygens (including phenoxy) is 2. The SMILES string of the molecule is Cc1ccc(O[C@H](C)C(=O)N(C)CCCC(=O)OC(C)(C)C)cc1. The Morgan fingerprint density at radius 3 is 2.29 bits per heavy atom. The average Bonchev–Trinajstić information content (AvgIpc) is 2.46. The molecular formula is C19H29NO4. The number of carbonyl (C=O) groups is 2. The number of hydrogen-bond donors (Lipinski definition) is 0. The molecule has 5 nitrogen and oxygen atoms in total. The quantitative estimate of drug-likeness (QED) is 0.717. The molecule has 0 aliphatic rings. The zero-order valence-electron chi connectivity index (χ0n) is 15.6. The van der Waals surface area contributed by atoms with E-state index in [2.05, 4.69) is 0 Å². The maximum absolute atomic E-state index is 12.3. The van der Waals surface area contributed by atoms with Crippen LogP contribution in [0.2, 0.25) is 0 Å². The molecule has 24 heavy (non-hydrogen) atoms. The van der Waals surface area contributed by atoms with Crippen molar-refractivity contribution in [3.63, 3.8) is 0 Å². The highest BCUT2D eigenvalue weighted by Crippen LogP contribution is 2.14. The lowest BCUT2D eigenvalue weighted by atomic mass is 10.2. The van der Waals surface area contributed by atoms with E-state index in [1.807, 2.05) is 52.0 Å². The highest BCUT2D eigenvalue weighted by Gasteiger charge is 2.20. The number of nitrogens with zero attached hydrogens (tertiary/aromatic N) is 1. The predicted molar refractivity (Wildman–Crippen MR) is 94.0 cm³/mol. The summed E-state index contributed by atoms with van der Waals surface area (Å²) >= 11 is 0. The van der Waals surface area contributed by atoms with Crippen LogP contribution in [0.25, 0.3) is 0 Å². The highest BCUT2D eigenvalue weighted by molar-refractivity contribution is 5.80. The first-order chi connectivity index (χ1) is 11.1. The Morgan fingerprint density at radius 2 is 1.75 bits per heavy atom. The van der Waals surface area contributed by atoms with Gasteiger partial charge >= 0.3 is 5.97 Å². The lowest BCUT2D eigenvalue weighted by molar-refractivity contribution is -0.155. The third-order valence-corrected chi connectivity index (χ3v) is 3.35. The molecule has 0 spiro atoms. The third-order valence-electron chi connectivity index (χ3n) is 3.35. The van der Waals surface area contributed by atoms with Crippen molar-refractivity contribution >= 4 is 11.9 Å². The van der Waals surface area contributed by atoms with E-state index in [0.29, 0.717) is 25.1 Å². The molecule has 1 rings (SSSR count). The fourth-order valence-corrected chi connectivity index (χ4v) is 2.15. The van der Waals surface area contributed by atoms with Gasteiger partial charge in [-0.15, -0.1) is 0 Å². The second kappa shape index (κ2) is 8.71. The van der Waals surface area contributed by atoms with Gasteiger partial charge in [-0.3, -0.25) is 9.59 Å². The van der Waals surface area contributed by atoms with Crippen LogP contribution in [-0.4, -0.2) is 42.1 Å². The molecule has 0 bridgehead atoms. The van der Waals surface area contributed by atoms with Gasteiger partial charge in [0.25, 0.3) is 5.91 Å². The second-order valence-electron chi connectivity index (χ2n) is 7.02. The number of carbonyl (C=O) groups excluding carboxylic acids is 2. The fourth-order valence-electron chi connectivity index (χ4n) is 2.15. The van der Waals surface area contributed by atoms with Gasteiger partial charge in [0.15, 0.2) is 6.10 Å². The van der Waals surface area contributed by atoms with E-state index in [9.17, 15) is 9.59 Å². The minimum absolute atomic E-state index is 0.111. The maximum Gasteiger partial charge on any atom is 0.306 e. The van der Waals surface area contributed by atoms with Gasteiger partial charge in [-0.2, -0.15) is 0 Å². The molecule has 1 amide bonds. The van der Waals surface area contributed by atoms with Gasteiger partial charge in [-0.25, -0.2) is 0 Å².